The minimum atomic E-state index is -0.696. The average molecular weight is 400 g/mol. The van der Waals surface area contributed by atoms with Gasteiger partial charge in [0.05, 0.1) is 0 Å². The molecule has 2 amide bonds. The molecule has 1 aliphatic rings. The molecule has 0 aliphatic carbocycles. The molecule has 30 heavy (non-hydrogen) atoms. The number of carbonyl (C=O) groups is 2. The van der Waals surface area contributed by atoms with E-state index in [1.165, 1.54) is 0 Å². The summed E-state index contributed by atoms with van der Waals surface area (Å²) in [5, 5.41) is 2.98. The number of hydrogen-bond acceptors (Lipinski definition) is 3. The smallest absolute Gasteiger partial charge is 0.265 e. The fourth-order valence-corrected chi connectivity index (χ4v) is 3.60. The van der Waals surface area contributed by atoms with E-state index in [-0.39, 0.29) is 11.8 Å². The molecule has 4 rings (SSSR count). The molecule has 1 fully saturated rings. The molecule has 3 aromatic carbocycles. The van der Waals surface area contributed by atoms with Gasteiger partial charge >= 0.3 is 0 Å². The molecule has 152 valence electrons. The molecule has 0 bridgehead atoms. The van der Waals surface area contributed by atoms with Crippen molar-refractivity contribution in [1.82, 2.24) is 0 Å². The van der Waals surface area contributed by atoms with Crippen molar-refractivity contribution in [1.29, 1.82) is 0 Å². The van der Waals surface area contributed by atoms with Crippen molar-refractivity contribution in [2.45, 2.75) is 25.9 Å². The van der Waals surface area contributed by atoms with E-state index in [0.717, 1.165) is 28.9 Å². The number of nitrogens with zero attached hydrogens (tertiary/aromatic N) is 1. The van der Waals surface area contributed by atoms with Crippen LogP contribution in [-0.4, -0.2) is 24.5 Å². The number of para-hydroxylation sites is 1. The highest BCUT2D eigenvalue weighted by Gasteiger charge is 2.22. The first-order valence-electron chi connectivity index (χ1n) is 10.1. The van der Waals surface area contributed by atoms with Gasteiger partial charge in [0.1, 0.15) is 5.75 Å². The van der Waals surface area contributed by atoms with E-state index in [2.05, 4.69) is 5.32 Å². The SMILES string of the molecule is C[C@H](Oc1cccc(N2CCCC2=O)c1)C(=O)Nc1ccccc1-c1ccccc1. The molecular weight excluding hydrogens is 376 g/mol. The second kappa shape index (κ2) is 8.82. The van der Waals surface area contributed by atoms with E-state index in [1.54, 1.807) is 17.9 Å². The van der Waals surface area contributed by atoms with Crippen LogP contribution >= 0.6 is 0 Å². The highest BCUT2D eigenvalue weighted by molar-refractivity contribution is 5.98. The topological polar surface area (TPSA) is 58.6 Å². The molecule has 0 aromatic heterocycles. The Labute approximate surface area is 176 Å². The Hall–Kier alpha value is -3.60. The number of ether oxygens (including phenoxy) is 1. The molecule has 1 aliphatic heterocycles. The van der Waals surface area contributed by atoms with Crippen LogP contribution in [0.25, 0.3) is 11.1 Å². The highest BCUT2D eigenvalue weighted by atomic mass is 16.5. The van der Waals surface area contributed by atoms with Gasteiger partial charge < -0.3 is 15.0 Å². The number of benzene rings is 3. The third kappa shape index (κ3) is 4.35. The van der Waals surface area contributed by atoms with Gasteiger partial charge in [-0.25, -0.2) is 0 Å². The Morgan fingerprint density at radius 1 is 1.00 bits per heavy atom. The van der Waals surface area contributed by atoms with Crippen LogP contribution in [0.15, 0.2) is 78.9 Å². The van der Waals surface area contributed by atoms with E-state index in [9.17, 15) is 9.59 Å². The lowest BCUT2D eigenvalue weighted by Gasteiger charge is -2.19. The van der Waals surface area contributed by atoms with E-state index >= 15 is 0 Å². The predicted octanol–water partition coefficient (Wildman–Crippen LogP) is 4.89. The lowest BCUT2D eigenvalue weighted by Crippen LogP contribution is -2.30. The Bertz CT molecular complexity index is 1050. The maximum atomic E-state index is 12.8. The molecule has 5 heteroatoms. The number of rotatable bonds is 6. The molecule has 0 unspecified atom stereocenters. The molecule has 1 heterocycles. The van der Waals surface area contributed by atoms with Crippen LogP contribution in [0.4, 0.5) is 11.4 Å². The number of amides is 2. The van der Waals surface area contributed by atoms with Crippen LogP contribution in [-0.2, 0) is 9.59 Å². The summed E-state index contributed by atoms with van der Waals surface area (Å²) in [4.78, 5) is 26.5. The quantitative estimate of drug-likeness (QED) is 0.641. The number of anilines is 2. The van der Waals surface area contributed by atoms with Gasteiger partial charge in [-0.05, 0) is 37.1 Å². The van der Waals surface area contributed by atoms with E-state index in [4.69, 9.17) is 4.74 Å². The number of carbonyl (C=O) groups excluding carboxylic acids is 2. The third-order valence-corrected chi connectivity index (χ3v) is 5.15. The van der Waals surface area contributed by atoms with Crippen molar-refractivity contribution in [3.63, 3.8) is 0 Å². The van der Waals surface area contributed by atoms with Crippen molar-refractivity contribution >= 4 is 23.2 Å². The first-order chi connectivity index (χ1) is 14.6. The first-order valence-corrected chi connectivity index (χ1v) is 10.1. The van der Waals surface area contributed by atoms with Gasteiger partial charge in [0.25, 0.3) is 5.91 Å². The maximum absolute atomic E-state index is 12.8. The summed E-state index contributed by atoms with van der Waals surface area (Å²) in [6, 6.07) is 25.0. The summed E-state index contributed by atoms with van der Waals surface area (Å²) in [5.41, 5.74) is 3.52. The normalized spacial score (nSPS) is 14.4. The van der Waals surface area contributed by atoms with Crippen LogP contribution in [0.2, 0.25) is 0 Å². The summed E-state index contributed by atoms with van der Waals surface area (Å²) < 4.78 is 5.88. The van der Waals surface area contributed by atoms with Crippen molar-refractivity contribution in [2.75, 3.05) is 16.8 Å². The van der Waals surface area contributed by atoms with Gasteiger partial charge in [-0.3, -0.25) is 9.59 Å². The van der Waals surface area contributed by atoms with Gasteiger partial charge in [-0.15, -0.1) is 0 Å². The van der Waals surface area contributed by atoms with Crippen LogP contribution in [0.1, 0.15) is 19.8 Å². The van der Waals surface area contributed by atoms with Crippen LogP contribution < -0.4 is 15.0 Å². The monoisotopic (exact) mass is 400 g/mol. The van der Waals surface area contributed by atoms with Crippen molar-refractivity contribution < 1.29 is 14.3 Å². The Kier molecular flexibility index (Phi) is 5.80. The lowest BCUT2D eigenvalue weighted by atomic mass is 10.0. The van der Waals surface area contributed by atoms with Gasteiger partial charge in [0.2, 0.25) is 5.91 Å². The fraction of sp³-hybridized carbons (Fsp3) is 0.200. The number of nitrogens with one attached hydrogen (secondary N) is 1. The summed E-state index contributed by atoms with van der Waals surface area (Å²) in [5.74, 6) is 0.447. The molecule has 5 nitrogen and oxygen atoms in total. The van der Waals surface area contributed by atoms with Crippen LogP contribution in [0, 0.1) is 0 Å². The number of hydrogen-bond donors (Lipinski definition) is 1. The molecule has 1 N–H and O–H groups in total. The summed E-state index contributed by atoms with van der Waals surface area (Å²) >= 11 is 0. The van der Waals surface area contributed by atoms with Crippen molar-refractivity contribution in [2.24, 2.45) is 0 Å². The lowest BCUT2D eigenvalue weighted by molar-refractivity contribution is -0.122. The largest absolute Gasteiger partial charge is 0.481 e. The highest BCUT2D eigenvalue weighted by Crippen LogP contribution is 2.29. The molecule has 0 radical (unpaired) electrons. The first kappa shape index (κ1) is 19.7. The third-order valence-electron chi connectivity index (χ3n) is 5.15. The molecular formula is C25H24N2O3. The Balaban J connectivity index is 1.46. The zero-order valence-electron chi connectivity index (χ0n) is 16.9. The van der Waals surface area contributed by atoms with E-state index in [0.29, 0.717) is 18.7 Å². The second-order valence-electron chi connectivity index (χ2n) is 7.31. The molecule has 0 saturated carbocycles. The van der Waals surface area contributed by atoms with Gasteiger partial charge in [-0.1, -0.05) is 54.6 Å². The zero-order chi connectivity index (χ0) is 20.9. The van der Waals surface area contributed by atoms with E-state index in [1.807, 2.05) is 72.8 Å². The fourth-order valence-electron chi connectivity index (χ4n) is 3.60. The standard InChI is InChI=1S/C25H24N2O3/c1-18(30-21-12-7-11-20(17-21)27-16-8-15-24(27)28)25(29)26-23-14-6-5-13-22(23)19-9-3-2-4-10-19/h2-7,9-14,17-18H,8,15-16H2,1H3,(H,26,29)/t18-/m0/s1. The van der Waals surface area contributed by atoms with Crippen molar-refractivity contribution in [3.8, 4) is 16.9 Å². The molecule has 1 atom stereocenters. The van der Waals surface area contributed by atoms with Gasteiger partial charge in [-0.2, -0.15) is 0 Å². The minimum Gasteiger partial charge on any atom is -0.481 e. The van der Waals surface area contributed by atoms with Crippen LogP contribution in [0.5, 0.6) is 5.75 Å². The molecule has 0 spiro atoms. The predicted molar refractivity (Wildman–Crippen MR) is 119 cm³/mol. The summed E-state index contributed by atoms with van der Waals surface area (Å²) in [6.07, 6.45) is 0.743. The Morgan fingerprint density at radius 3 is 2.53 bits per heavy atom. The average Bonchev–Trinajstić information content (AvgIpc) is 3.21. The zero-order valence-corrected chi connectivity index (χ0v) is 16.9. The molecule has 3 aromatic rings. The second-order valence-corrected chi connectivity index (χ2v) is 7.31. The van der Waals surface area contributed by atoms with Gasteiger partial charge in [0.15, 0.2) is 6.10 Å². The van der Waals surface area contributed by atoms with Crippen molar-refractivity contribution in [3.05, 3.63) is 78.9 Å². The minimum absolute atomic E-state index is 0.121. The summed E-state index contributed by atoms with van der Waals surface area (Å²) in [6.45, 7) is 2.43. The Morgan fingerprint density at radius 2 is 1.77 bits per heavy atom. The summed E-state index contributed by atoms with van der Waals surface area (Å²) in [7, 11) is 0. The van der Waals surface area contributed by atoms with Crippen LogP contribution in [0.3, 0.4) is 0 Å². The van der Waals surface area contributed by atoms with Gasteiger partial charge in [0, 0.05) is 36.0 Å². The molecule has 1 saturated heterocycles. The maximum Gasteiger partial charge on any atom is 0.265 e. The van der Waals surface area contributed by atoms with E-state index < -0.39 is 6.10 Å².